The standard InChI is InChI=1S/C17H27N3O2/c1-12(2)15(13-9-7-6-8-10-13)18-11-14(21)19-16(22)20-17(3,4)5/h6-10,12,15,18H,11H2,1-5H3,(H2,19,20,21,22)/t15-/m0/s1. The van der Waals surface area contributed by atoms with Gasteiger partial charge >= 0.3 is 6.03 Å². The SMILES string of the molecule is CC(C)[C@H](NCC(=O)NC(=O)NC(C)(C)C)c1ccccc1. The highest BCUT2D eigenvalue weighted by Crippen LogP contribution is 2.20. The molecule has 3 amide bonds. The van der Waals surface area contributed by atoms with E-state index in [1.807, 2.05) is 51.1 Å². The predicted molar refractivity (Wildman–Crippen MR) is 88.5 cm³/mol. The lowest BCUT2D eigenvalue weighted by atomic mass is 9.96. The summed E-state index contributed by atoms with van der Waals surface area (Å²) in [5.41, 5.74) is 0.756. The molecule has 0 bridgehead atoms. The molecule has 1 aromatic carbocycles. The van der Waals surface area contributed by atoms with Crippen LogP contribution in [-0.2, 0) is 4.79 Å². The summed E-state index contributed by atoms with van der Waals surface area (Å²) < 4.78 is 0. The van der Waals surface area contributed by atoms with Crippen LogP contribution in [0.15, 0.2) is 30.3 Å². The summed E-state index contributed by atoms with van der Waals surface area (Å²) in [6.45, 7) is 9.86. The molecule has 0 aliphatic rings. The molecule has 1 rings (SSSR count). The Labute approximate surface area is 132 Å². The van der Waals surface area contributed by atoms with Crippen molar-refractivity contribution >= 4 is 11.9 Å². The lowest BCUT2D eigenvalue weighted by Gasteiger charge is -2.23. The monoisotopic (exact) mass is 305 g/mol. The van der Waals surface area contributed by atoms with Crippen molar-refractivity contribution in [1.29, 1.82) is 0 Å². The molecule has 0 saturated heterocycles. The Morgan fingerprint density at radius 2 is 1.68 bits per heavy atom. The molecular formula is C17H27N3O2. The number of urea groups is 1. The Morgan fingerprint density at radius 3 is 2.18 bits per heavy atom. The van der Waals surface area contributed by atoms with Crippen LogP contribution in [0.1, 0.15) is 46.2 Å². The summed E-state index contributed by atoms with van der Waals surface area (Å²) in [5.74, 6) is -0.0121. The molecule has 5 nitrogen and oxygen atoms in total. The van der Waals surface area contributed by atoms with Gasteiger partial charge in [-0.15, -0.1) is 0 Å². The quantitative estimate of drug-likeness (QED) is 0.783. The molecule has 0 saturated carbocycles. The average Bonchev–Trinajstić information content (AvgIpc) is 2.37. The molecule has 1 aromatic rings. The van der Waals surface area contributed by atoms with Crippen LogP contribution in [0.25, 0.3) is 0 Å². The minimum atomic E-state index is -0.472. The van der Waals surface area contributed by atoms with E-state index in [0.717, 1.165) is 5.56 Å². The van der Waals surface area contributed by atoms with Gasteiger partial charge in [0.2, 0.25) is 5.91 Å². The molecule has 0 unspecified atom stereocenters. The van der Waals surface area contributed by atoms with Gasteiger partial charge in [0.15, 0.2) is 0 Å². The second-order valence-electron chi connectivity index (χ2n) is 6.77. The third-order valence-electron chi connectivity index (χ3n) is 3.05. The molecule has 0 aliphatic carbocycles. The molecule has 122 valence electrons. The van der Waals surface area contributed by atoms with Crippen LogP contribution >= 0.6 is 0 Å². The molecule has 0 spiro atoms. The molecule has 0 fully saturated rings. The van der Waals surface area contributed by atoms with Crippen molar-refractivity contribution in [3.63, 3.8) is 0 Å². The number of benzene rings is 1. The highest BCUT2D eigenvalue weighted by Gasteiger charge is 2.18. The molecular weight excluding hydrogens is 278 g/mol. The fourth-order valence-electron chi connectivity index (χ4n) is 2.14. The summed E-state index contributed by atoms with van der Waals surface area (Å²) in [6.07, 6.45) is 0. The third kappa shape index (κ3) is 6.72. The van der Waals surface area contributed by atoms with Gasteiger partial charge in [0.05, 0.1) is 6.54 Å². The number of rotatable bonds is 5. The summed E-state index contributed by atoms with van der Waals surface area (Å²) in [5, 5.41) is 8.24. The van der Waals surface area contributed by atoms with Crippen LogP contribution in [0.3, 0.4) is 0 Å². The summed E-state index contributed by atoms with van der Waals surface area (Å²) in [7, 11) is 0. The van der Waals surface area contributed by atoms with Crippen molar-refractivity contribution in [3.05, 3.63) is 35.9 Å². The first kappa shape index (κ1) is 18.2. The Bertz CT molecular complexity index is 492. The number of imide groups is 1. The Balaban J connectivity index is 2.52. The topological polar surface area (TPSA) is 70.2 Å². The zero-order chi connectivity index (χ0) is 16.8. The van der Waals surface area contributed by atoms with Gasteiger partial charge in [-0.1, -0.05) is 44.2 Å². The van der Waals surface area contributed by atoms with Crippen LogP contribution in [0.5, 0.6) is 0 Å². The highest BCUT2D eigenvalue weighted by atomic mass is 16.2. The van der Waals surface area contributed by atoms with Crippen LogP contribution in [-0.4, -0.2) is 24.0 Å². The molecule has 0 radical (unpaired) electrons. The van der Waals surface area contributed by atoms with Crippen molar-refractivity contribution in [2.45, 2.75) is 46.2 Å². The van der Waals surface area contributed by atoms with Crippen LogP contribution in [0.2, 0.25) is 0 Å². The van der Waals surface area contributed by atoms with Crippen molar-refractivity contribution in [2.24, 2.45) is 5.92 Å². The zero-order valence-electron chi connectivity index (χ0n) is 14.1. The third-order valence-corrected chi connectivity index (χ3v) is 3.05. The molecule has 3 N–H and O–H groups in total. The molecule has 22 heavy (non-hydrogen) atoms. The van der Waals surface area contributed by atoms with E-state index in [0.29, 0.717) is 5.92 Å². The van der Waals surface area contributed by atoms with Crippen LogP contribution in [0.4, 0.5) is 4.79 Å². The maximum Gasteiger partial charge on any atom is 0.321 e. The molecule has 1 atom stereocenters. The van der Waals surface area contributed by atoms with E-state index in [-0.39, 0.29) is 24.0 Å². The first-order valence-corrected chi connectivity index (χ1v) is 7.59. The van der Waals surface area contributed by atoms with E-state index in [2.05, 4.69) is 29.8 Å². The second-order valence-corrected chi connectivity index (χ2v) is 6.77. The summed E-state index contributed by atoms with van der Waals surface area (Å²) >= 11 is 0. The number of amides is 3. The van der Waals surface area contributed by atoms with E-state index in [4.69, 9.17) is 0 Å². The molecule has 0 heterocycles. The number of hydrogen-bond acceptors (Lipinski definition) is 3. The first-order valence-electron chi connectivity index (χ1n) is 7.59. The second kappa shape index (κ2) is 7.94. The van der Waals surface area contributed by atoms with Crippen molar-refractivity contribution in [3.8, 4) is 0 Å². The summed E-state index contributed by atoms with van der Waals surface area (Å²) in [6, 6.07) is 9.57. The fourth-order valence-corrected chi connectivity index (χ4v) is 2.14. The molecule has 0 aliphatic heterocycles. The van der Waals surface area contributed by atoms with E-state index < -0.39 is 6.03 Å². The van der Waals surface area contributed by atoms with Gasteiger partial charge in [0.1, 0.15) is 0 Å². The number of carbonyl (C=O) groups is 2. The number of carbonyl (C=O) groups excluding carboxylic acids is 2. The average molecular weight is 305 g/mol. The summed E-state index contributed by atoms with van der Waals surface area (Å²) in [4.78, 5) is 23.5. The van der Waals surface area contributed by atoms with Gasteiger partial charge in [0.25, 0.3) is 0 Å². The van der Waals surface area contributed by atoms with Gasteiger partial charge in [-0.05, 0) is 32.3 Å². The van der Waals surface area contributed by atoms with Gasteiger partial charge in [-0.25, -0.2) is 4.79 Å². The van der Waals surface area contributed by atoms with Crippen molar-refractivity contribution < 1.29 is 9.59 Å². The minimum Gasteiger partial charge on any atom is -0.333 e. The predicted octanol–water partition coefficient (Wildman–Crippen LogP) is 2.60. The highest BCUT2D eigenvalue weighted by molar-refractivity contribution is 5.95. The maximum atomic E-state index is 11.9. The van der Waals surface area contributed by atoms with Crippen LogP contribution in [0, 0.1) is 5.92 Å². The van der Waals surface area contributed by atoms with Gasteiger partial charge in [-0.3, -0.25) is 10.1 Å². The van der Waals surface area contributed by atoms with Gasteiger partial charge in [0, 0.05) is 11.6 Å². The van der Waals surface area contributed by atoms with E-state index in [9.17, 15) is 9.59 Å². The molecule has 5 heteroatoms. The van der Waals surface area contributed by atoms with Crippen molar-refractivity contribution in [2.75, 3.05) is 6.54 Å². The van der Waals surface area contributed by atoms with Crippen LogP contribution < -0.4 is 16.0 Å². The maximum absolute atomic E-state index is 11.9. The van der Waals surface area contributed by atoms with Gasteiger partial charge in [-0.2, -0.15) is 0 Å². The Kier molecular flexibility index (Phi) is 6.56. The number of hydrogen-bond donors (Lipinski definition) is 3. The normalized spacial score (nSPS) is 12.8. The smallest absolute Gasteiger partial charge is 0.321 e. The Hall–Kier alpha value is -1.88. The zero-order valence-corrected chi connectivity index (χ0v) is 14.1. The number of nitrogens with one attached hydrogen (secondary N) is 3. The van der Waals surface area contributed by atoms with E-state index >= 15 is 0 Å². The van der Waals surface area contributed by atoms with E-state index in [1.54, 1.807) is 0 Å². The Morgan fingerprint density at radius 1 is 1.09 bits per heavy atom. The van der Waals surface area contributed by atoms with Crippen molar-refractivity contribution in [1.82, 2.24) is 16.0 Å². The van der Waals surface area contributed by atoms with E-state index in [1.165, 1.54) is 0 Å². The minimum absolute atomic E-state index is 0.0672. The lowest BCUT2D eigenvalue weighted by Crippen LogP contribution is -2.50. The lowest BCUT2D eigenvalue weighted by molar-refractivity contribution is -0.119. The first-order chi connectivity index (χ1) is 10.2. The van der Waals surface area contributed by atoms with Gasteiger partial charge < -0.3 is 10.6 Å². The molecule has 0 aromatic heterocycles. The largest absolute Gasteiger partial charge is 0.333 e. The fraction of sp³-hybridized carbons (Fsp3) is 0.529.